The normalized spacial score (nSPS) is 18.1. The minimum atomic E-state index is 0.351. The standard InChI is InChI=1S/C12H13ClN2S/c13-12-14-6-9-10(7-16-11(9)15-12)8-4-2-1-3-5-8/h6-8H,1-5H2. The molecule has 0 bridgehead atoms. The molecule has 2 aromatic heterocycles. The molecule has 4 heteroatoms. The van der Waals surface area contributed by atoms with Gasteiger partial charge in [-0.1, -0.05) is 19.3 Å². The zero-order chi connectivity index (χ0) is 11.0. The highest BCUT2D eigenvalue weighted by Gasteiger charge is 2.19. The van der Waals surface area contributed by atoms with E-state index in [9.17, 15) is 0 Å². The van der Waals surface area contributed by atoms with Gasteiger partial charge in [0, 0.05) is 11.6 Å². The topological polar surface area (TPSA) is 25.8 Å². The maximum absolute atomic E-state index is 5.80. The fourth-order valence-corrected chi connectivity index (χ4v) is 3.72. The summed E-state index contributed by atoms with van der Waals surface area (Å²) in [4.78, 5) is 9.39. The first kappa shape index (κ1) is 10.5. The van der Waals surface area contributed by atoms with Gasteiger partial charge in [0.25, 0.3) is 0 Å². The number of nitrogens with zero attached hydrogens (tertiary/aromatic N) is 2. The highest BCUT2D eigenvalue weighted by Crippen LogP contribution is 2.38. The summed E-state index contributed by atoms with van der Waals surface area (Å²) < 4.78 is 0. The van der Waals surface area contributed by atoms with E-state index in [4.69, 9.17) is 11.6 Å². The molecule has 0 unspecified atom stereocenters. The maximum Gasteiger partial charge on any atom is 0.223 e. The van der Waals surface area contributed by atoms with Gasteiger partial charge in [-0.05, 0) is 41.3 Å². The van der Waals surface area contributed by atoms with Crippen LogP contribution in [0.15, 0.2) is 11.6 Å². The molecule has 0 amide bonds. The lowest BCUT2D eigenvalue weighted by atomic mass is 9.84. The Bertz CT molecular complexity index is 503. The van der Waals surface area contributed by atoms with Gasteiger partial charge < -0.3 is 0 Å². The Hall–Kier alpha value is -0.670. The lowest BCUT2D eigenvalue weighted by Crippen LogP contribution is -2.03. The highest BCUT2D eigenvalue weighted by molar-refractivity contribution is 7.16. The molecule has 1 aliphatic carbocycles. The van der Waals surface area contributed by atoms with E-state index in [1.165, 1.54) is 43.1 Å². The number of hydrogen-bond acceptors (Lipinski definition) is 3. The monoisotopic (exact) mass is 252 g/mol. The fraction of sp³-hybridized carbons (Fsp3) is 0.500. The summed E-state index contributed by atoms with van der Waals surface area (Å²) in [6.45, 7) is 0. The van der Waals surface area contributed by atoms with E-state index in [0.29, 0.717) is 11.2 Å². The van der Waals surface area contributed by atoms with Gasteiger partial charge in [0.1, 0.15) is 4.83 Å². The molecule has 0 aliphatic heterocycles. The Morgan fingerprint density at radius 2 is 2.06 bits per heavy atom. The van der Waals surface area contributed by atoms with Crippen LogP contribution in [0.4, 0.5) is 0 Å². The Balaban J connectivity index is 2.03. The molecule has 0 N–H and O–H groups in total. The molecule has 0 spiro atoms. The summed E-state index contributed by atoms with van der Waals surface area (Å²) in [5.74, 6) is 0.715. The second-order valence-corrected chi connectivity index (χ2v) is 5.58. The van der Waals surface area contributed by atoms with Crippen molar-refractivity contribution in [1.82, 2.24) is 9.97 Å². The molecule has 16 heavy (non-hydrogen) atoms. The first-order chi connectivity index (χ1) is 7.84. The average Bonchev–Trinajstić information content (AvgIpc) is 2.73. The van der Waals surface area contributed by atoms with Crippen LogP contribution in [0.5, 0.6) is 0 Å². The van der Waals surface area contributed by atoms with Crippen LogP contribution in [0.3, 0.4) is 0 Å². The smallest absolute Gasteiger partial charge is 0.223 e. The number of hydrogen-bond donors (Lipinski definition) is 0. The van der Waals surface area contributed by atoms with E-state index in [1.54, 1.807) is 11.3 Å². The molecule has 1 aliphatic rings. The number of thiophene rings is 1. The van der Waals surface area contributed by atoms with Crippen molar-refractivity contribution in [2.24, 2.45) is 0 Å². The highest BCUT2D eigenvalue weighted by atomic mass is 35.5. The SMILES string of the molecule is Clc1ncc2c(C3CCCCC3)csc2n1. The van der Waals surface area contributed by atoms with Crippen molar-refractivity contribution < 1.29 is 0 Å². The quantitative estimate of drug-likeness (QED) is 0.704. The van der Waals surface area contributed by atoms with Crippen molar-refractivity contribution in [1.29, 1.82) is 0 Å². The Labute approximate surface area is 104 Å². The average molecular weight is 253 g/mol. The number of rotatable bonds is 1. The zero-order valence-electron chi connectivity index (χ0n) is 8.95. The Morgan fingerprint density at radius 1 is 1.25 bits per heavy atom. The summed E-state index contributed by atoms with van der Waals surface area (Å²) in [5, 5.41) is 3.80. The molecule has 0 saturated heterocycles. The maximum atomic E-state index is 5.80. The summed E-state index contributed by atoms with van der Waals surface area (Å²) in [5.41, 5.74) is 1.44. The van der Waals surface area contributed by atoms with E-state index in [0.717, 1.165) is 4.83 Å². The fourth-order valence-electron chi connectivity index (χ4n) is 2.55. The van der Waals surface area contributed by atoms with Crippen molar-refractivity contribution >= 4 is 33.2 Å². The van der Waals surface area contributed by atoms with Gasteiger partial charge in [0.15, 0.2) is 0 Å². The van der Waals surface area contributed by atoms with E-state index in [1.807, 2.05) is 6.20 Å². The van der Waals surface area contributed by atoms with E-state index < -0.39 is 0 Å². The largest absolute Gasteiger partial charge is 0.226 e. The summed E-state index contributed by atoms with van der Waals surface area (Å²) in [6, 6.07) is 0. The van der Waals surface area contributed by atoms with Gasteiger partial charge in [-0.25, -0.2) is 9.97 Å². The Morgan fingerprint density at radius 3 is 2.88 bits per heavy atom. The van der Waals surface area contributed by atoms with Crippen LogP contribution in [-0.2, 0) is 0 Å². The first-order valence-electron chi connectivity index (χ1n) is 5.74. The molecule has 84 valence electrons. The predicted octanol–water partition coefficient (Wildman–Crippen LogP) is 4.39. The van der Waals surface area contributed by atoms with Gasteiger partial charge in [0.2, 0.25) is 5.28 Å². The van der Waals surface area contributed by atoms with Gasteiger partial charge in [-0.3, -0.25) is 0 Å². The molecule has 0 atom stereocenters. The van der Waals surface area contributed by atoms with Gasteiger partial charge in [-0.15, -0.1) is 11.3 Å². The third kappa shape index (κ3) is 1.82. The molecule has 1 fully saturated rings. The van der Waals surface area contributed by atoms with Crippen molar-refractivity contribution in [3.8, 4) is 0 Å². The van der Waals surface area contributed by atoms with Gasteiger partial charge in [0.05, 0.1) is 0 Å². The molecule has 0 radical (unpaired) electrons. The van der Waals surface area contributed by atoms with Crippen LogP contribution in [0, 0.1) is 0 Å². The van der Waals surface area contributed by atoms with E-state index in [2.05, 4.69) is 15.3 Å². The summed E-state index contributed by atoms with van der Waals surface area (Å²) in [6.07, 6.45) is 8.61. The van der Waals surface area contributed by atoms with Gasteiger partial charge in [-0.2, -0.15) is 0 Å². The number of fused-ring (bicyclic) bond motifs is 1. The van der Waals surface area contributed by atoms with Crippen molar-refractivity contribution in [2.75, 3.05) is 0 Å². The van der Waals surface area contributed by atoms with Crippen molar-refractivity contribution in [2.45, 2.75) is 38.0 Å². The van der Waals surface area contributed by atoms with Gasteiger partial charge >= 0.3 is 0 Å². The molecule has 1 saturated carbocycles. The molecule has 2 nitrogen and oxygen atoms in total. The summed E-state index contributed by atoms with van der Waals surface area (Å²) in [7, 11) is 0. The van der Waals surface area contributed by atoms with Crippen LogP contribution in [0.1, 0.15) is 43.6 Å². The first-order valence-corrected chi connectivity index (χ1v) is 7.00. The Kier molecular flexibility index (Phi) is 2.82. The molecule has 2 aromatic rings. The molecule has 3 rings (SSSR count). The second kappa shape index (κ2) is 4.30. The molecular weight excluding hydrogens is 240 g/mol. The van der Waals surface area contributed by atoms with Crippen LogP contribution in [-0.4, -0.2) is 9.97 Å². The molecule has 0 aromatic carbocycles. The summed E-state index contributed by atoms with van der Waals surface area (Å²) >= 11 is 7.48. The minimum Gasteiger partial charge on any atom is -0.226 e. The number of halogens is 1. The van der Waals surface area contributed by atoms with Crippen molar-refractivity contribution in [3.05, 3.63) is 22.4 Å². The van der Waals surface area contributed by atoms with Crippen LogP contribution in [0.2, 0.25) is 5.28 Å². The number of aromatic nitrogens is 2. The zero-order valence-corrected chi connectivity index (χ0v) is 10.5. The van der Waals surface area contributed by atoms with Crippen LogP contribution >= 0.6 is 22.9 Å². The van der Waals surface area contributed by atoms with Crippen molar-refractivity contribution in [3.63, 3.8) is 0 Å². The van der Waals surface area contributed by atoms with Crippen LogP contribution in [0.25, 0.3) is 10.2 Å². The lowest BCUT2D eigenvalue weighted by Gasteiger charge is -2.20. The predicted molar refractivity (Wildman–Crippen MR) is 68.3 cm³/mol. The van der Waals surface area contributed by atoms with Crippen LogP contribution < -0.4 is 0 Å². The molecular formula is C12H13ClN2S. The second-order valence-electron chi connectivity index (χ2n) is 4.38. The third-order valence-electron chi connectivity index (χ3n) is 3.38. The van der Waals surface area contributed by atoms with E-state index in [-0.39, 0.29) is 0 Å². The lowest BCUT2D eigenvalue weighted by molar-refractivity contribution is 0.446. The van der Waals surface area contributed by atoms with E-state index >= 15 is 0 Å². The third-order valence-corrected chi connectivity index (χ3v) is 4.47. The molecule has 2 heterocycles. The minimum absolute atomic E-state index is 0.351.